The van der Waals surface area contributed by atoms with Crippen LogP contribution in [0.3, 0.4) is 0 Å². The maximum absolute atomic E-state index is 12.5. The third kappa shape index (κ3) is 4.52. The van der Waals surface area contributed by atoms with Crippen molar-refractivity contribution in [2.24, 2.45) is 10.9 Å². The summed E-state index contributed by atoms with van der Waals surface area (Å²) in [5.74, 6) is -0.0179. The number of piperidine rings is 1. The van der Waals surface area contributed by atoms with E-state index in [0.717, 1.165) is 41.1 Å². The first-order valence-electron chi connectivity index (χ1n) is 10.7. The molecule has 1 unspecified atom stereocenters. The van der Waals surface area contributed by atoms with Crippen LogP contribution in [0.4, 0.5) is 0 Å². The highest BCUT2D eigenvalue weighted by Gasteiger charge is 2.32. The van der Waals surface area contributed by atoms with Gasteiger partial charge in [0.2, 0.25) is 0 Å². The highest BCUT2D eigenvalue weighted by atomic mass is 35.5. The Bertz CT molecular complexity index is 988. The zero-order valence-electron chi connectivity index (χ0n) is 17.8. The molecule has 3 N–H and O–H groups in total. The number of hydrogen-bond acceptors (Lipinski definition) is 5. The molecule has 2 aliphatic rings. The molecule has 164 valence electrons. The van der Waals surface area contributed by atoms with Gasteiger partial charge in [0.05, 0.1) is 0 Å². The van der Waals surface area contributed by atoms with E-state index in [9.17, 15) is 9.90 Å². The summed E-state index contributed by atoms with van der Waals surface area (Å²) in [6, 6.07) is 7.67. The van der Waals surface area contributed by atoms with Gasteiger partial charge in [-0.05, 0) is 37.0 Å². The van der Waals surface area contributed by atoms with Crippen LogP contribution in [0, 0.1) is 5.92 Å². The summed E-state index contributed by atoms with van der Waals surface area (Å²) in [4.78, 5) is 18.5. The Labute approximate surface area is 187 Å². The second kappa shape index (κ2) is 9.24. The third-order valence-corrected chi connectivity index (χ3v) is 6.24. The van der Waals surface area contributed by atoms with Crippen molar-refractivity contribution in [2.75, 3.05) is 19.8 Å². The van der Waals surface area contributed by atoms with Crippen molar-refractivity contribution in [1.82, 2.24) is 20.4 Å². The van der Waals surface area contributed by atoms with Crippen molar-refractivity contribution < 1.29 is 9.90 Å². The SMILES string of the molecule is CC(C)C(O)C(=O)N1CCC(c2[nH]nc(-c3ccc(Cl)cc3)c2C2=CC=NCN2)CC1. The van der Waals surface area contributed by atoms with Crippen LogP contribution < -0.4 is 5.32 Å². The summed E-state index contributed by atoms with van der Waals surface area (Å²) in [5.41, 5.74) is 4.95. The number of benzene rings is 1. The van der Waals surface area contributed by atoms with Crippen LogP contribution in [0.15, 0.2) is 35.3 Å². The second-order valence-corrected chi connectivity index (χ2v) is 8.84. The van der Waals surface area contributed by atoms with Crippen molar-refractivity contribution in [3.8, 4) is 11.3 Å². The highest BCUT2D eigenvalue weighted by molar-refractivity contribution is 6.30. The van der Waals surface area contributed by atoms with Gasteiger partial charge >= 0.3 is 0 Å². The highest BCUT2D eigenvalue weighted by Crippen LogP contribution is 2.37. The fourth-order valence-corrected chi connectivity index (χ4v) is 4.27. The Hall–Kier alpha value is -2.64. The number of nitrogens with zero attached hydrogens (tertiary/aromatic N) is 3. The molecule has 0 radical (unpaired) electrons. The number of aliphatic imine (C=N–C) groups is 1. The number of carbonyl (C=O) groups is 1. The van der Waals surface area contributed by atoms with E-state index in [1.807, 2.05) is 50.4 Å². The predicted molar refractivity (Wildman–Crippen MR) is 123 cm³/mol. The summed E-state index contributed by atoms with van der Waals surface area (Å²) in [6.45, 7) is 5.49. The molecule has 2 aliphatic heterocycles. The van der Waals surface area contributed by atoms with E-state index < -0.39 is 6.10 Å². The lowest BCUT2D eigenvalue weighted by molar-refractivity contribution is -0.143. The van der Waals surface area contributed by atoms with Gasteiger partial charge in [-0.3, -0.25) is 14.9 Å². The van der Waals surface area contributed by atoms with Crippen molar-refractivity contribution >= 4 is 29.4 Å². The lowest BCUT2D eigenvalue weighted by Gasteiger charge is -2.34. The zero-order valence-corrected chi connectivity index (χ0v) is 18.6. The number of nitrogens with one attached hydrogen (secondary N) is 2. The standard InChI is InChI=1S/C23H28ClN5O2/c1-14(2)22(30)23(31)29-11-8-16(9-12-29)21-19(18-7-10-25-13-26-18)20(27-28-21)15-3-5-17(24)6-4-15/h3-7,10,14,16,22,26,30H,8-9,11-13H2,1-2H3,(H,27,28). The molecule has 1 saturated heterocycles. The molecule has 0 spiro atoms. The van der Waals surface area contributed by atoms with Crippen LogP contribution in [0.5, 0.6) is 0 Å². The molecule has 4 rings (SSSR count). The number of halogens is 1. The fraction of sp³-hybridized carbons (Fsp3) is 0.435. The van der Waals surface area contributed by atoms with Gasteiger partial charge < -0.3 is 15.3 Å². The molecule has 7 nitrogen and oxygen atoms in total. The van der Waals surface area contributed by atoms with Gasteiger partial charge in [-0.25, -0.2) is 0 Å². The minimum Gasteiger partial charge on any atom is -0.383 e. The lowest BCUT2D eigenvalue weighted by atomic mass is 9.88. The first kappa shape index (κ1) is 21.6. The molecule has 8 heteroatoms. The molecular formula is C23H28ClN5O2. The first-order valence-corrected chi connectivity index (χ1v) is 11.1. The second-order valence-electron chi connectivity index (χ2n) is 8.40. The number of hydrogen-bond donors (Lipinski definition) is 3. The smallest absolute Gasteiger partial charge is 0.251 e. The van der Waals surface area contributed by atoms with E-state index in [4.69, 9.17) is 11.6 Å². The molecule has 1 atom stereocenters. The number of H-pyrrole nitrogens is 1. The van der Waals surface area contributed by atoms with Gasteiger partial charge in [0.15, 0.2) is 0 Å². The topological polar surface area (TPSA) is 93.6 Å². The Balaban J connectivity index is 1.60. The van der Waals surface area contributed by atoms with E-state index in [1.165, 1.54) is 0 Å². The van der Waals surface area contributed by atoms with E-state index in [-0.39, 0.29) is 17.7 Å². The fourth-order valence-electron chi connectivity index (χ4n) is 4.14. The summed E-state index contributed by atoms with van der Waals surface area (Å²) in [7, 11) is 0. The Morgan fingerprint density at radius 3 is 2.55 bits per heavy atom. The minimum atomic E-state index is -0.938. The third-order valence-electron chi connectivity index (χ3n) is 5.99. The van der Waals surface area contributed by atoms with Crippen LogP contribution in [-0.4, -0.2) is 58.2 Å². The molecule has 1 fully saturated rings. The number of allylic oxidation sites excluding steroid dienone is 1. The van der Waals surface area contributed by atoms with Crippen LogP contribution in [0.1, 0.15) is 43.9 Å². The maximum Gasteiger partial charge on any atom is 0.251 e. The van der Waals surface area contributed by atoms with Crippen LogP contribution in [0.2, 0.25) is 5.02 Å². The summed E-state index contributed by atoms with van der Waals surface area (Å²) in [5, 5.41) is 22.1. The van der Waals surface area contributed by atoms with E-state index in [1.54, 1.807) is 4.90 Å². The summed E-state index contributed by atoms with van der Waals surface area (Å²) in [6.07, 6.45) is 4.46. The van der Waals surface area contributed by atoms with Crippen LogP contribution in [-0.2, 0) is 4.79 Å². The maximum atomic E-state index is 12.5. The average molecular weight is 442 g/mol. The quantitative estimate of drug-likeness (QED) is 0.662. The van der Waals surface area contributed by atoms with Crippen molar-refractivity contribution in [2.45, 2.75) is 38.7 Å². The lowest BCUT2D eigenvalue weighted by Crippen LogP contribution is -2.45. The van der Waals surface area contributed by atoms with Gasteiger partial charge in [0, 0.05) is 52.8 Å². The monoisotopic (exact) mass is 441 g/mol. The molecule has 3 heterocycles. The largest absolute Gasteiger partial charge is 0.383 e. The number of aliphatic hydroxyl groups is 1. The molecule has 31 heavy (non-hydrogen) atoms. The Morgan fingerprint density at radius 1 is 1.23 bits per heavy atom. The average Bonchev–Trinajstić information content (AvgIpc) is 3.24. The van der Waals surface area contributed by atoms with Gasteiger partial charge in [-0.2, -0.15) is 5.10 Å². The number of amides is 1. The number of aliphatic hydroxyl groups excluding tert-OH is 1. The first-order chi connectivity index (χ1) is 15.0. The number of likely N-dealkylation sites (tertiary alicyclic amines) is 1. The molecule has 1 amide bonds. The van der Waals surface area contributed by atoms with Crippen LogP contribution >= 0.6 is 11.6 Å². The summed E-state index contributed by atoms with van der Waals surface area (Å²) < 4.78 is 0. The van der Waals surface area contributed by atoms with Gasteiger partial charge in [0.25, 0.3) is 5.91 Å². The molecule has 2 aromatic rings. The number of aromatic amines is 1. The van der Waals surface area contributed by atoms with Crippen molar-refractivity contribution in [3.63, 3.8) is 0 Å². The predicted octanol–water partition coefficient (Wildman–Crippen LogP) is 3.43. The van der Waals surface area contributed by atoms with E-state index >= 15 is 0 Å². The number of carbonyl (C=O) groups excluding carboxylic acids is 1. The molecule has 0 saturated carbocycles. The van der Waals surface area contributed by atoms with E-state index in [2.05, 4.69) is 20.5 Å². The molecule has 1 aromatic heterocycles. The Kier molecular flexibility index (Phi) is 6.43. The van der Waals surface area contributed by atoms with E-state index in [0.29, 0.717) is 24.8 Å². The molecular weight excluding hydrogens is 414 g/mol. The number of aromatic nitrogens is 2. The van der Waals surface area contributed by atoms with Crippen molar-refractivity contribution in [3.05, 3.63) is 46.6 Å². The van der Waals surface area contributed by atoms with Gasteiger partial charge in [0.1, 0.15) is 18.5 Å². The minimum absolute atomic E-state index is 0.0858. The molecule has 0 aliphatic carbocycles. The number of rotatable bonds is 5. The molecule has 0 bridgehead atoms. The van der Waals surface area contributed by atoms with Crippen LogP contribution in [0.25, 0.3) is 17.0 Å². The normalized spacial score (nSPS) is 18.1. The summed E-state index contributed by atoms with van der Waals surface area (Å²) >= 11 is 6.08. The molecule has 1 aromatic carbocycles. The Morgan fingerprint density at radius 2 is 1.94 bits per heavy atom. The zero-order chi connectivity index (χ0) is 22.0. The van der Waals surface area contributed by atoms with Crippen molar-refractivity contribution in [1.29, 1.82) is 0 Å². The van der Waals surface area contributed by atoms with Gasteiger partial charge in [-0.1, -0.05) is 37.6 Å². The van der Waals surface area contributed by atoms with Gasteiger partial charge in [-0.15, -0.1) is 0 Å².